The van der Waals surface area contributed by atoms with E-state index in [1.165, 1.54) is 8.61 Å². The Hall–Kier alpha value is -0.640. The van der Waals surface area contributed by atoms with Crippen LogP contribution in [-0.4, -0.2) is 43.2 Å². The smallest absolute Gasteiger partial charge is 0.197 e. The molecule has 1 rings (SSSR count). The van der Waals surface area contributed by atoms with E-state index in [1.807, 2.05) is 13.0 Å². The van der Waals surface area contributed by atoms with Gasteiger partial charge in [0.1, 0.15) is 6.54 Å². The lowest BCUT2D eigenvalue weighted by Crippen LogP contribution is -2.44. The first kappa shape index (κ1) is 14.4. The van der Waals surface area contributed by atoms with Crippen LogP contribution in [0.1, 0.15) is 39.0 Å². The van der Waals surface area contributed by atoms with E-state index in [4.69, 9.17) is 5.26 Å². The molecule has 5 nitrogen and oxygen atoms in total. The molecule has 0 aromatic carbocycles. The minimum Gasteiger partial charge on any atom is -0.197 e. The number of hydrogen-bond acceptors (Lipinski definition) is 3. The van der Waals surface area contributed by atoms with Gasteiger partial charge in [0.05, 0.1) is 6.07 Å². The zero-order chi connectivity index (χ0) is 12.7. The first-order valence-electron chi connectivity index (χ1n) is 6.25. The summed E-state index contributed by atoms with van der Waals surface area (Å²) in [5, 5.41) is 8.71. The van der Waals surface area contributed by atoms with Gasteiger partial charge in [-0.1, -0.05) is 19.8 Å². The Morgan fingerprint density at radius 1 is 1.24 bits per heavy atom. The SMILES string of the molecule is CCCN(CC#N)S(=O)(=O)N1CCCCCC1. The second-order valence-electron chi connectivity index (χ2n) is 4.31. The zero-order valence-corrected chi connectivity index (χ0v) is 11.2. The van der Waals surface area contributed by atoms with Crippen molar-refractivity contribution >= 4 is 10.2 Å². The van der Waals surface area contributed by atoms with Gasteiger partial charge in [0.2, 0.25) is 0 Å². The van der Waals surface area contributed by atoms with Crippen molar-refractivity contribution in [2.24, 2.45) is 0 Å². The lowest BCUT2D eigenvalue weighted by molar-refractivity contribution is 0.355. The topological polar surface area (TPSA) is 64.4 Å². The van der Waals surface area contributed by atoms with Crippen LogP contribution >= 0.6 is 0 Å². The predicted octanol–water partition coefficient (Wildman–Crippen LogP) is 1.34. The van der Waals surface area contributed by atoms with Gasteiger partial charge in [0.25, 0.3) is 10.2 Å². The number of nitrogens with zero attached hydrogens (tertiary/aromatic N) is 3. The van der Waals surface area contributed by atoms with Gasteiger partial charge >= 0.3 is 0 Å². The van der Waals surface area contributed by atoms with Crippen LogP contribution in [0.25, 0.3) is 0 Å². The molecule has 0 spiro atoms. The van der Waals surface area contributed by atoms with E-state index in [-0.39, 0.29) is 6.54 Å². The summed E-state index contributed by atoms with van der Waals surface area (Å²) in [6.45, 7) is 3.48. The Labute approximate surface area is 104 Å². The Balaban J connectivity index is 2.78. The number of hydrogen-bond donors (Lipinski definition) is 0. The number of rotatable bonds is 5. The van der Waals surface area contributed by atoms with Gasteiger partial charge in [0.15, 0.2) is 0 Å². The third kappa shape index (κ3) is 3.95. The highest BCUT2D eigenvalue weighted by Crippen LogP contribution is 2.16. The molecule has 1 heterocycles. The molecule has 0 aliphatic carbocycles. The summed E-state index contributed by atoms with van der Waals surface area (Å²) in [6.07, 6.45) is 4.77. The van der Waals surface area contributed by atoms with Crippen LogP contribution in [0.5, 0.6) is 0 Å². The van der Waals surface area contributed by atoms with Crippen LogP contribution in [0, 0.1) is 11.3 Å². The highest BCUT2D eigenvalue weighted by molar-refractivity contribution is 7.86. The highest BCUT2D eigenvalue weighted by atomic mass is 32.2. The molecule has 0 saturated carbocycles. The maximum absolute atomic E-state index is 12.3. The third-order valence-corrected chi connectivity index (χ3v) is 4.92. The summed E-state index contributed by atoms with van der Waals surface area (Å²) in [5.41, 5.74) is 0. The fraction of sp³-hybridized carbons (Fsp3) is 0.909. The van der Waals surface area contributed by atoms with Gasteiger partial charge < -0.3 is 0 Å². The lowest BCUT2D eigenvalue weighted by Gasteiger charge is -2.27. The van der Waals surface area contributed by atoms with E-state index in [9.17, 15) is 8.42 Å². The quantitative estimate of drug-likeness (QED) is 0.700. The lowest BCUT2D eigenvalue weighted by atomic mass is 10.2. The standard InChI is InChI=1S/C11H21N3O2S/c1-2-8-13(11-7-12)17(15,16)14-9-5-3-4-6-10-14/h2-6,8-11H2,1H3. The van der Waals surface area contributed by atoms with Gasteiger partial charge in [-0.3, -0.25) is 0 Å². The van der Waals surface area contributed by atoms with E-state index in [2.05, 4.69) is 0 Å². The van der Waals surface area contributed by atoms with Crippen LogP contribution in [0.3, 0.4) is 0 Å². The van der Waals surface area contributed by atoms with E-state index >= 15 is 0 Å². The molecule has 1 fully saturated rings. The molecule has 0 aromatic rings. The molecule has 0 amide bonds. The van der Waals surface area contributed by atoms with E-state index < -0.39 is 10.2 Å². The number of nitriles is 1. The van der Waals surface area contributed by atoms with E-state index in [1.54, 1.807) is 0 Å². The minimum atomic E-state index is -3.43. The van der Waals surface area contributed by atoms with Crippen molar-refractivity contribution in [3.63, 3.8) is 0 Å². The van der Waals surface area contributed by atoms with Gasteiger partial charge in [-0.25, -0.2) is 0 Å². The molecule has 17 heavy (non-hydrogen) atoms. The van der Waals surface area contributed by atoms with Crippen molar-refractivity contribution in [3.8, 4) is 6.07 Å². The summed E-state index contributed by atoms with van der Waals surface area (Å²) < 4.78 is 27.5. The second kappa shape index (κ2) is 6.94. The molecule has 1 aliphatic heterocycles. The monoisotopic (exact) mass is 259 g/mol. The van der Waals surface area contributed by atoms with Crippen LogP contribution in [0.15, 0.2) is 0 Å². The summed E-state index contributed by atoms with van der Waals surface area (Å²) >= 11 is 0. The van der Waals surface area contributed by atoms with Crippen molar-refractivity contribution in [3.05, 3.63) is 0 Å². The fourth-order valence-corrected chi connectivity index (χ4v) is 3.72. The van der Waals surface area contributed by atoms with Crippen LogP contribution < -0.4 is 0 Å². The molecule has 0 radical (unpaired) electrons. The normalized spacial score (nSPS) is 18.9. The Morgan fingerprint density at radius 3 is 2.29 bits per heavy atom. The van der Waals surface area contributed by atoms with Crippen molar-refractivity contribution in [2.45, 2.75) is 39.0 Å². The van der Waals surface area contributed by atoms with E-state index in [0.29, 0.717) is 19.6 Å². The molecular weight excluding hydrogens is 238 g/mol. The maximum Gasteiger partial charge on any atom is 0.282 e. The van der Waals surface area contributed by atoms with Gasteiger partial charge in [0, 0.05) is 19.6 Å². The second-order valence-corrected chi connectivity index (χ2v) is 6.24. The molecule has 0 aromatic heterocycles. The van der Waals surface area contributed by atoms with Crippen LogP contribution in [0.2, 0.25) is 0 Å². The van der Waals surface area contributed by atoms with Gasteiger partial charge in [-0.05, 0) is 19.3 Å². The average Bonchev–Trinajstić information content (AvgIpc) is 2.57. The van der Waals surface area contributed by atoms with Crippen molar-refractivity contribution < 1.29 is 8.42 Å². The molecule has 0 atom stereocenters. The fourth-order valence-electron chi connectivity index (χ4n) is 2.04. The summed E-state index contributed by atoms with van der Waals surface area (Å²) in [4.78, 5) is 0. The van der Waals surface area contributed by atoms with Crippen molar-refractivity contribution in [2.75, 3.05) is 26.2 Å². The molecule has 0 N–H and O–H groups in total. The van der Waals surface area contributed by atoms with Gasteiger partial charge in [-0.15, -0.1) is 0 Å². The van der Waals surface area contributed by atoms with Gasteiger partial charge in [-0.2, -0.15) is 22.3 Å². The Morgan fingerprint density at radius 2 is 1.82 bits per heavy atom. The third-order valence-electron chi connectivity index (χ3n) is 2.94. The molecule has 1 aliphatic rings. The van der Waals surface area contributed by atoms with Crippen LogP contribution in [0.4, 0.5) is 0 Å². The molecule has 0 bridgehead atoms. The van der Waals surface area contributed by atoms with Crippen molar-refractivity contribution in [1.29, 1.82) is 5.26 Å². The Bertz CT molecular complexity index is 353. The molecule has 98 valence electrons. The van der Waals surface area contributed by atoms with Crippen LogP contribution in [-0.2, 0) is 10.2 Å². The first-order chi connectivity index (χ1) is 8.12. The summed E-state index contributed by atoms with van der Waals surface area (Å²) in [5.74, 6) is 0. The first-order valence-corrected chi connectivity index (χ1v) is 7.64. The summed E-state index contributed by atoms with van der Waals surface area (Å²) in [6, 6.07) is 1.93. The average molecular weight is 259 g/mol. The molecule has 0 unspecified atom stereocenters. The predicted molar refractivity (Wildman–Crippen MR) is 66.4 cm³/mol. The summed E-state index contributed by atoms with van der Waals surface area (Å²) in [7, 11) is -3.43. The molecule has 6 heteroatoms. The largest absolute Gasteiger partial charge is 0.282 e. The zero-order valence-electron chi connectivity index (χ0n) is 10.4. The van der Waals surface area contributed by atoms with E-state index in [0.717, 1.165) is 32.1 Å². The van der Waals surface area contributed by atoms with Crippen molar-refractivity contribution in [1.82, 2.24) is 8.61 Å². The minimum absolute atomic E-state index is 0.0489. The highest BCUT2D eigenvalue weighted by Gasteiger charge is 2.29. The molecule has 1 saturated heterocycles. The Kier molecular flexibility index (Phi) is 5.89. The molecular formula is C11H21N3O2S. The maximum atomic E-state index is 12.3.